The van der Waals surface area contributed by atoms with Crippen LogP contribution in [0.5, 0.6) is 23.0 Å². The number of benzene rings is 5. The van der Waals surface area contributed by atoms with Crippen molar-refractivity contribution in [2.24, 2.45) is 11.8 Å². The molecule has 8 nitrogen and oxygen atoms in total. The number of rotatable bonds is 14. The molecular formula is C52H60N2O6. The number of nitrogens with zero attached hydrogens (tertiary/aromatic N) is 2. The molecule has 0 heterocycles. The van der Waals surface area contributed by atoms with E-state index < -0.39 is 0 Å². The molecule has 0 aliphatic heterocycles. The third-order valence-electron chi connectivity index (χ3n) is 12.6. The summed E-state index contributed by atoms with van der Waals surface area (Å²) < 4.78 is 22.6. The fraction of sp³-hybridized carbons (Fsp3) is 0.385. The van der Waals surface area contributed by atoms with Crippen LogP contribution >= 0.6 is 0 Å². The zero-order valence-electron chi connectivity index (χ0n) is 36.2. The normalized spacial score (nSPS) is 14.6. The minimum Gasteiger partial charge on any atom is -0.497 e. The zero-order valence-corrected chi connectivity index (χ0v) is 36.2. The molecule has 2 fully saturated rings. The molecule has 0 radical (unpaired) electrons. The molecule has 0 atom stereocenters. The average molecular weight is 809 g/mol. The Balaban J connectivity index is 1.64. The maximum atomic E-state index is 15.8. The van der Waals surface area contributed by atoms with Crippen LogP contribution in [0.2, 0.25) is 0 Å². The Morgan fingerprint density at radius 1 is 0.417 bits per heavy atom. The fourth-order valence-electron chi connectivity index (χ4n) is 9.42. The van der Waals surface area contributed by atoms with Gasteiger partial charge in [0.25, 0.3) is 11.8 Å². The number of ether oxygens (including phenoxy) is 4. The minimum absolute atomic E-state index is 0.101. The van der Waals surface area contributed by atoms with E-state index in [0.29, 0.717) is 81.3 Å². The first kappa shape index (κ1) is 42.4. The second-order valence-corrected chi connectivity index (χ2v) is 16.5. The van der Waals surface area contributed by atoms with Crippen molar-refractivity contribution < 1.29 is 28.5 Å². The predicted octanol–water partition coefficient (Wildman–Crippen LogP) is 11.7. The quantitative estimate of drug-likeness (QED) is 0.111. The Hall–Kier alpha value is -5.76. The molecule has 5 aromatic rings. The number of hydrogen-bond acceptors (Lipinski definition) is 6. The van der Waals surface area contributed by atoms with E-state index in [1.807, 2.05) is 121 Å². The van der Waals surface area contributed by atoms with Gasteiger partial charge in [-0.1, -0.05) is 87.1 Å². The van der Waals surface area contributed by atoms with Crippen LogP contribution in [0.4, 0.5) is 0 Å². The lowest BCUT2D eigenvalue weighted by molar-refractivity contribution is 0.0751. The number of carbonyl (C=O) groups is 2. The SMILES string of the molecule is COc1ccc(-c2c(C(=O)N(C)CC3CCCCC3)c(-c3ccc(OC)cc3)c(-c3ccc(OC)cc3)c(C(=O)N(C)CC3CCCCC3)c2-c2ccc(OC)cc2)cc1. The van der Waals surface area contributed by atoms with Crippen LogP contribution in [-0.2, 0) is 0 Å². The van der Waals surface area contributed by atoms with Crippen molar-refractivity contribution >= 4 is 11.8 Å². The van der Waals surface area contributed by atoms with Crippen LogP contribution in [0.3, 0.4) is 0 Å². The highest BCUT2D eigenvalue weighted by Gasteiger charge is 2.36. The second kappa shape index (κ2) is 19.5. The van der Waals surface area contributed by atoms with E-state index in [1.165, 1.54) is 38.5 Å². The van der Waals surface area contributed by atoms with E-state index in [4.69, 9.17) is 18.9 Å². The van der Waals surface area contributed by atoms with Crippen LogP contribution < -0.4 is 18.9 Å². The van der Waals surface area contributed by atoms with Gasteiger partial charge >= 0.3 is 0 Å². The molecule has 7 rings (SSSR count). The van der Waals surface area contributed by atoms with Gasteiger partial charge in [0.1, 0.15) is 23.0 Å². The van der Waals surface area contributed by atoms with Gasteiger partial charge in [0.05, 0.1) is 39.6 Å². The molecule has 5 aromatic carbocycles. The molecule has 60 heavy (non-hydrogen) atoms. The Labute approximate surface area is 356 Å². The number of amides is 2. The Morgan fingerprint density at radius 2 is 0.650 bits per heavy atom. The summed E-state index contributed by atoms with van der Waals surface area (Å²) in [6, 6.07) is 31.4. The highest BCUT2D eigenvalue weighted by Crippen LogP contribution is 2.51. The van der Waals surface area contributed by atoms with E-state index in [-0.39, 0.29) is 11.8 Å². The lowest BCUT2D eigenvalue weighted by atomic mass is 9.76. The molecule has 2 saturated carbocycles. The fourth-order valence-corrected chi connectivity index (χ4v) is 9.42. The van der Waals surface area contributed by atoms with Crippen molar-refractivity contribution in [2.45, 2.75) is 64.2 Å². The summed E-state index contributed by atoms with van der Waals surface area (Å²) in [6.07, 6.45) is 11.6. The summed E-state index contributed by atoms with van der Waals surface area (Å²) >= 11 is 0. The molecule has 0 bridgehead atoms. The van der Waals surface area contributed by atoms with E-state index >= 15 is 9.59 Å². The number of carbonyl (C=O) groups excluding carboxylic acids is 2. The molecule has 0 unspecified atom stereocenters. The lowest BCUT2D eigenvalue weighted by Crippen LogP contribution is -2.35. The molecule has 0 spiro atoms. The molecule has 8 heteroatoms. The van der Waals surface area contributed by atoms with Crippen molar-refractivity contribution in [1.82, 2.24) is 9.80 Å². The maximum absolute atomic E-state index is 15.8. The third-order valence-corrected chi connectivity index (χ3v) is 12.6. The van der Waals surface area contributed by atoms with Gasteiger partial charge in [-0.15, -0.1) is 0 Å². The molecule has 314 valence electrons. The van der Waals surface area contributed by atoms with Gasteiger partial charge in [0, 0.05) is 49.4 Å². The topological polar surface area (TPSA) is 77.5 Å². The minimum atomic E-state index is -0.101. The van der Waals surface area contributed by atoms with Gasteiger partial charge in [-0.05, 0) is 108 Å². The third kappa shape index (κ3) is 9.18. The molecule has 2 aliphatic rings. The van der Waals surface area contributed by atoms with Crippen molar-refractivity contribution in [2.75, 3.05) is 55.6 Å². The molecule has 0 saturated heterocycles. The second-order valence-electron chi connectivity index (χ2n) is 16.5. The van der Waals surface area contributed by atoms with E-state index in [0.717, 1.165) is 47.9 Å². The van der Waals surface area contributed by atoms with Gasteiger partial charge in [-0.3, -0.25) is 9.59 Å². The first-order chi connectivity index (χ1) is 29.2. The highest BCUT2D eigenvalue weighted by atomic mass is 16.5. The molecule has 0 aromatic heterocycles. The van der Waals surface area contributed by atoms with Crippen LogP contribution in [0.15, 0.2) is 97.1 Å². The molecule has 0 N–H and O–H groups in total. The van der Waals surface area contributed by atoms with Crippen LogP contribution in [-0.4, -0.2) is 77.2 Å². The molecule has 2 aliphatic carbocycles. The number of methoxy groups -OCH3 is 4. The maximum Gasteiger partial charge on any atom is 0.254 e. The summed E-state index contributed by atoms with van der Waals surface area (Å²) in [7, 11) is 10.5. The average Bonchev–Trinajstić information content (AvgIpc) is 3.31. The summed E-state index contributed by atoms with van der Waals surface area (Å²) in [4.78, 5) is 35.5. The van der Waals surface area contributed by atoms with Crippen LogP contribution in [0.25, 0.3) is 44.5 Å². The summed E-state index contributed by atoms with van der Waals surface area (Å²) in [5, 5.41) is 0. The zero-order chi connectivity index (χ0) is 42.2. The van der Waals surface area contributed by atoms with Crippen molar-refractivity contribution in [3.8, 4) is 67.5 Å². The van der Waals surface area contributed by atoms with Crippen LogP contribution in [0.1, 0.15) is 84.9 Å². The highest BCUT2D eigenvalue weighted by molar-refractivity contribution is 6.21. The molecule has 2 amide bonds. The first-order valence-corrected chi connectivity index (χ1v) is 21.6. The summed E-state index contributed by atoms with van der Waals surface area (Å²) in [6.45, 7) is 1.28. The Morgan fingerprint density at radius 3 is 0.867 bits per heavy atom. The monoisotopic (exact) mass is 808 g/mol. The largest absolute Gasteiger partial charge is 0.497 e. The van der Waals surface area contributed by atoms with E-state index in [9.17, 15) is 0 Å². The van der Waals surface area contributed by atoms with Gasteiger partial charge < -0.3 is 28.7 Å². The first-order valence-electron chi connectivity index (χ1n) is 21.6. The van der Waals surface area contributed by atoms with E-state index in [2.05, 4.69) is 0 Å². The Bertz CT molecular complexity index is 1940. The van der Waals surface area contributed by atoms with Crippen LogP contribution in [0, 0.1) is 11.8 Å². The van der Waals surface area contributed by atoms with Gasteiger partial charge in [-0.25, -0.2) is 0 Å². The smallest absolute Gasteiger partial charge is 0.254 e. The molecular weight excluding hydrogens is 749 g/mol. The number of hydrogen-bond donors (Lipinski definition) is 0. The van der Waals surface area contributed by atoms with E-state index in [1.54, 1.807) is 28.4 Å². The van der Waals surface area contributed by atoms with Crippen molar-refractivity contribution in [3.63, 3.8) is 0 Å². The summed E-state index contributed by atoms with van der Waals surface area (Å²) in [5.41, 5.74) is 7.06. The van der Waals surface area contributed by atoms with Crippen molar-refractivity contribution in [1.29, 1.82) is 0 Å². The van der Waals surface area contributed by atoms with Gasteiger partial charge in [0.2, 0.25) is 0 Å². The van der Waals surface area contributed by atoms with Gasteiger partial charge in [0.15, 0.2) is 0 Å². The van der Waals surface area contributed by atoms with Gasteiger partial charge in [-0.2, -0.15) is 0 Å². The Kier molecular flexibility index (Phi) is 13.8. The summed E-state index contributed by atoms with van der Waals surface area (Å²) in [5.74, 6) is 3.41. The lowest BCUT2D eigenvalue weighted by Gasteiger charge is -2.33. The van der Waals surface area contributed by atoms with Crippen molar-refractivity contribution in [3.05, 3.63) is 108 Å². The standard InChI is InChI=1S/C52H60N2O6/c1-53(33-35-13-9-7-10-14-35)51(55)49-45(37-17-25-41(57-3)26-18-37)47(39-21-29-43(59-5)30-22-39)50(52(56)54(2)34-36-15-11-8-12-16-36)48(40-23-31-44(60-6)32-24-40)46(49)38-19-27-42(58-4)28-20-38/h17-32,35-36H,7-16,33-34H2,1-6H3. The predicted molar refractivity (Wildman–Crippen MR) is 241 cm³/mol.